The lowest BCUT2D eigenvalue weighted by Gasteiger charge is -2.07. The van der Waals surface area contributed by atoms with Crippen molar-refractivity contribution in [1.29, 1.82) is 0 Å². The van der Waals surface area contributed by atoms with Gasteiger partial charge in [-0.15, -0.1) is 0 Å². The first-order chi connectivity index (χ1) is 11.7. The quantitative estimate of drug-likeness (QED) is 0.646. The summed E-state index contributed by atoms with van der Waals surface area (Å²) in [6, 6.07) is 7.58. The number of amides is 1. The van der Waals surface area contributed by atoms with Gasteiger partial charge in [0.1, 0.15) is 0 Å². The van der Waals surface area contributed by atoms with Crippen molar-refractivity contribution in [2.24, 2.45) is 5.73 Å². The zero-order valence-corrected chi connectivity index (χ0v) is 14.5. The number of hydrogen-bond acceptors (Lipinski definition) is 3. The van der Waals surface area contributed by atoms with E-state index in [1.54, 1.807) is 0 Å². The van der Waals surface area contributed by atoms with E-state index in [0.29, 0.717) is 23.8 Å². The highest BCUT2D eigenvalue weighted by Crippen LogP contribution is 2.27. The van der Waals surface area contributed by atoms with Crippen LogP contribution in [0.2, 0.25) is 5.02 Å². The zero-order chi connectivity index (χ0) is 16.9. The monoisotopic (exact) mass is 346 g/mol. The molecule has 1 aromatic carbocycles. The standard InChI is InChI=1S/C18H23ClN4O/c19-13-7-9-14(10-8-13)23-16-6-3-1-2-5-15(16)17(22-23)18(24)21-12-4-11-20/h7-10H,1-6,11-12,20H2,(H,21,24). The molecule has 0 saturated heterocycles. The fourth-order valence-corrected chi connectivity index (χ4v) is 3.27. The van der Waals surface area contributed by atoms with Crippen LogP contribution in [0.4, 0.5) is 0 Å². The number of halogens is 1. The van der Waals surface area contributed by atoms with Crippen LogP contribution in [0.25, 0.3) is 5.69 Å². The van der Waals surface area contributed by atoms with Crippen LogP contribution in [0.5, 0.6) is 0 Å². The number of benzene rings is 1. The number of carbonyl (C=O) groups excluding carboxylic acids is 1. The van der Waals surface area contributed by atoms with Gasteiger partial charge in [0.25, 0.3) is 5.91 Å². The molecule has 3 N–H and O–H groups in total. The Bertz CT molecular complexity index is 709. The van der Waals surface area contributed by atoms with Crippen LogP contribution in [0.15, 0.2) is 24.3 Å². The third-order valence-electron chi connectivity index (χ3n) is 4.38. The molecule has 0 radical (unpaired) electrons. The molecule has 0 aliphatic heterocycles. The predicted octanol–water partition coefficient (Wildman–Crippen LogP) is 2.87. The summed E-state index contributed by atoms with van der Waals surface area (Å²) in [7, 11) is 0. The first-order valence-corrected chi connectivity index (χ1v) is 8.93. The molecule has 0 spiro atoms. The van der Waals surface area contributed by atoms with Gasteiger partial charge in [0.2, 0.25) is 0 Å². The molecule has 5 nitrogen and oxygen atoms in total. The number of nitrogens with zero attached hydrogens (tertiary/aromatic N) is 2. The van der Waals surface area contributed by atoms with Crippen LogP contribution in [-0.2, 0) is 12.8 Å². The maximum Gasteiger partial charge on any atom is 0.272 e. The lowest BCUT2D eigenvalue weighted by Crippen LogP contribution is -2.27. The van der Waals surface area contributed by atoms with E-state index in [-0.39, 0.29) is 5.91 Å². The van der Waals surface area contributed by atoms with Gasteiger partial charge in [0.05, 0.1) is 5.69 Å². The number of rotatable bonds is 5. The Hall–Kier alpha value is -1.85. The average Bonchev–Trinajstić information content (AvgIpc) is 2.77. The molecular formula is C18H23ClN4O. The Morgan fingerprint density at radius 1 is 1.21 bits per heavy atom. The molecule has 0 bridgehead atoms. The molecule has 0 atom stereocenters. The molecule has 2 aromatic rings. The lowest BCUT2D eigenvalue weighted by atomic mass is 10.1. The summed E-state index contributed by atoms with van der Waals surface area (Å²) < 4.78 is 1.91. The Morgan fingerprint density at radius 2 is 1.96 bits per heavy atom. The van der Waals surface area contributed by atoms with Gasteiger partial charge in [-0.05, 0) is 62.9 Å². The number of hydrogen-bond donors (Lipinski definition) is 2. The van der Waals surface area contributed by atoms with Crippen molar-refractivity contribution >= 4 is 17.5 Å². The summed E-state index contributed by atoms with van der Waals surface area (Å²) in [6.07, 6.45) is 6.03. The molecule has 24 heavy (non-hydrogen) atoms. The summed E-state index contributed by atoms with van der Waals surface area (Å²) in [4.78, 5) is 12.6. The minimum Gasteiger partial charge on any atom is -0.351 e. The van der Waals surface area contributed by atoms with Crippen LogP contribution < -0.4 is 11.1 Å². The molecule has 1 aliphatic rings. The molecule has 6 heteroatoms. The van der Waals surface area contributed by atoms with Crippen molar-refractivity contribution in [3.63, 3.8) is 0 Å². The van der Waals surface area contributed by atoms with Gasteiger partial charge in [-0.3, -0.25) is 4.79 Å². The normalized spacial score (nSPS) is 14.1. The van der Waals surface area contributed by atoms with E-state index in [2.05, 4.69) is 10.4 Å². The van der Waals surface area contributed by atoms with E-state index < -0.39 is 0 Å². The van der Waals surface area contributed by atoms with Gasteiger partial charge in [0.15, 0.2) is 5.69 Å². The van der Waals surface area contributed by atoms with Crippen molar-refractivity contribution in [2.45, 2.75) is 38.5 Å². The molecule has 0 saturated carbocycles. The summed E-state index contributed by atoms with van der Waals surface area (Å²) >= 11 is 5.99. The van der Waals surface area contributed by atoms with Crippen LogP contribution in [0.1, 0.15) is 47.4 Å². The molecule has 1 amide bonds. The number of nitrogens with one attached hydrogen (secondary N) is 1. The van der Waals surface area contributed by atoms with Crippen molar-refractivity contribution in [3.8, 4) is 5.69 Å². The first-order valence-electron chi connectivity index (χ1n) is 8.55. The molecule has 0 fully saturated rings. The van der Waals surface area contributed by atoms with Crippen molar-refractivity contribution in [2.75, 3.05) is 13.1 Å². The highest BCUT2D eigenvalue weighted by molar-refractivity contribution is 6.30. The maximum atomic E-state index is 12.6. The van der Waals surface area contributed by atoms with Crippen LogP contribution in [0, 0.1) is 0 Å². The fraction of sp³-hybridized carbons (Fsp3) is 0.444. The Kier molecular flexibility index (Phi) is 5.53. The van der Waals surface area contributed by atoms with Gasteiger partial charge in [-0.1, -0.05) is 18.0 Å². The minimum atomic E-state index is -0.102. The average molecular weight is 347 g/mol. The number of fused-ring (bicyclic) bond motifs is 1. The van der Waals surface area contributed by atoms with E-state index in [1.807, 2.05) is 28.9 Å². The lowest BCUT2D eigenvalue weighted by molar-refractivity contribution is 0.0947. The SMILES string of the molecule is NCCCNC(=O)c1nn(-c2ccc(Cl)cc2)c2c1CCCCC2. The summed E-state index contributed by atoms with van der Waals surface area (Å²) in [5, 5.41) is 8.26. The summed E-state index contributed by atoms with van der Waals surface area (Å²) in [6.45, 7) is 1.15. The second kappa shape index (κ2) is 7.81. The van der Waals surface area contributed by atoms with Crippen LogP contribution in [0.3, 0.4) is 0 Å². The highest BCUT2D eigenvalue weighted by Gasteiger charge is 2.24. The second-order valence-corrected chi connectivity index (χ2v) is 6.56. The van der Waals surface area contributed by atoms with E-state index in [9.17, 15) is 4.79 Å². The zero-order valence-electron chi connectivity index (χ0n) is 13.7. The van der Waals surface area contributed by atoms with E-state index in [1.165, 1.54) is 6.42 Å². The minimum absolute atomic E-state index is 0.102. The predicted molar refractivity (Wildman–Crippen MR) is 95.8 cm³/mol. The summed E-state index contributed by atoms with van der Waals surface area (Å²) in [5.74, 6) is -0.102. The fourth-order valence-electron chi connectivity index (χ4n) is 3.14. The van der Waals surface area contributed by atoms with Gasteiger partial charge in [-0.25, -0.2) is 4.68 Å². The summed E-state index contributed by atoms with van der Waals surface area (Å²) in [5.41, 5.74) is 9.24. The maximum absolute atomic E-state index is 12.6. The topological polar surface area (TPSA) is 72.9 Å². The molecule has 128 valence electrons. The van der Waals surface area contributed by atoms with E-state index in [0.717, 1.165) is 49.0 Å². The van der Waals surface area contributed by atoms with E-state index >= 15 is 0 Å². The Balaban J connectivity index is 1.97. The van der Waals surface area contributed by atoms with Crippen LogP contribution >= 0.6 is 11.6 Å². The third-order valence-corrected chi connectivity index (χ3v) is 4.63. The van der Waals surface area contributed by atoms with Gasteiger partial charge in [-0.2, -0.15) is 5.10 Å². The molecule has 1 aliphatic carbocycles. The number of nitrogens with two attached hydrogens (primary N) is 1. The molecular weight excluding hydrogens is 324 g/mol. The first kappa shape index (κ1) is 17.0. The van der Waals surface area contributed by atoms with Gasteiger partial charge >= 0.3 is 0 Å². The smallest absolute Gasteiger partial charge is 0.272 e. The van der Waals surface area contributed by atoms with Crippen LogP contribution in [-0.4, -0.2) is 28.8 Å². The van der Waals surface area contributed by atoms with Gasteiger partial charge < -0.3 is 11.1 Å². The Labute approximate surface area is 147 Å². The second-order valence-electron chi connectivity index (χ2n) is 6.12. The largest absolute Gasteiger partial charge is 0.351 e. The molecule has 3 rings (SSSR count). The Morgan fingerprint density at radius 3 is 2.71 bits per heavy atom. The van der Waals surface area contributed by atoms with Crippen molar-refractivity contribution < 1.29 is 4.79 Å². The number of carbonyl (C=O) groups is 1. The molecule has 1 heterocycles. The molecule has 0 unspecified atom stereocenters. The molecule has 1 aromatic heterocycles. The highest BCUT2D eigenvalue weighted by atomic mass is 35.5. The van der Waals surface area contributed by atoms with Gasteiger partial charge in [0, 0.05) is 22.8 Å². The van der Waals surface area contributed by atoms with Crippen molar-refractivity contribution in [3.05, 3.63) is 46.2 Å². The third kappa shape index (κ3) is 3.62. The van der Waals surface area contributed by atoms with E-state index in [4.69, 9.17) is 17.3 Å². The number of aromatic nitrogens is 2. The van der Waals surface area contributed by atoms with Crippen molar-refractivity contribution in [1.82, 2.24) is 15.1 Å².